The second kappa shape index (κ2) is 8.39. The highest BCUT2D eigenvalue weighted by molar-refractivity contribution is 5.84. The number of hydrogen-bond donors (Lipinski definition) is 1. The number of unbranched alkanes of at least 4 members (excludes halogenated alkanes) is 2. The summed E-state index contributed by atoms with van der Waals surface area (Å²) in [4.78, 5) is 2.23. The average molecular weight is 330 g/mol. The molecule has 0 fully saturated rings. The highest BCUT2D eigenvalue weighted by atomic mass is 15.1. The number of para-hydroxylation sites is 3. The fourth-order valence-corrected chi connectivity index (χ4v) is 3.16. The lowest BCUT2D eigenvalue weighted by atomic mass is 10.0. The first kappa shape index (κ1) is 17.1. The number of nitrogens with zero attached hydrogens (tertiary/aromatic N) is 1. The Labute approximate surface area is 150 Å². The van der Waals surface area contributed by atoms with Crippen LogP contribution in [0.25, 0.3) is 0 Å². The van der Waals surface area contributed by atoms with Gasteiger partial charge in [-0.15, -0.1) is 0 Å². The van der Waals surface area contributed by atoms with E-state index in [1.807, 2.05) is 12.1 Å². The lowest BCUT2D eigenvalue weighted by Gasteiger charge is -2.27. The highest BCUT2D eigenvalue weighted by Gasteiger charge is 2.16. The Morgan fingerprint density at radius 3 is 1.88 bits per heavy atom. The molecular formula is C23H26N2. The van der Waals surface area contributed by atoms with Gasteiger partial charge in [-0.2, -0.15) is 0 Å². The molecular weight excluding hydrogens is 304 g/mol. The molecule has 25 heavy (non-hydrogen) atoms. The SMILES string of the molecule is CCCCCc1cccc(N(c2ccccc2)c2ccccc2)c1N. The maximum absolute atomic E-state index is 6.60. The van der Waals surface area contributed by atoms with Crippen molar-refractivity contribution in [3.8, 4) is 0 Å². The zero-order valence-corrected chi connectivity index (χ0v) is 14.9. The van der Waals surface area contributed by atoms with Crippen LogP contribution in [0.15, 0.2) is 78.9 Å². The molecule has 2 N–H and O–H groups in total. The third-order valence-electron chi connectivity index (χ3n) is 4.49. The Bertz CT molecular complexity index is 742. The summed E-state index contributed by atoms with van der Waals surface area (Å²) in [5, 5.41) is 0. The first-order chi connectivity index (χ1) is 12.3. The van der Waals surface area contributed by atoms with E-state index in [4.69, 9.17) is 5.73 Å². The van der Waals surface area contributed by atoms with E-state index in [2.05, 4.69) is 78.6 Å². The molecule has 0 saturated heterocycles. The largest absolute Gasteiger partial charge is 0.397 e. The molecule has 0 aromatic heterocycles. The molecule has 0 unspecified atom stereocenters. The molecule has 0 aliphatic heterocycles. The van der Waals surface area contributed by atoms with E-state index in [-0.39, 0.29) is 0 Å². The van der Waals surface area contributed by atoms with Gasteiger partial charge in [0.25, 0.3) is 0 Å². The van der Waals surface area contributed by atoms with Crippen molar-refractivity contribution in [1.29, 1.82) is 0 Å². The summed E-state index contributed by atoms with van der Waals surface area (Å²) >= 11 is 0. The molecule has 2 nitrogen and oxygen atoms in total. The predicted octanol–water partition coefficient (Wildman–Crippen LogP) is 6.47. The molecule has 2 heteroatoms. The van der Waals surface area contributed by atoms with Crippen LogP contribution in [0.2, 0.25) is 0 Å². The van der Waals surface area contributed by atoms with Gasteiger partial charge in [0.15, 0.2) is 0 Å². The maximum Gasteiger partial charge on any atom is 0.0694 e. The summed E-state index contributed by atoms with van der Waals surface area (Å²) < 4.78 is 0. The van der Waals surface area contributed by atoms with E-state index < -0.39 is 0 Å². The van der Waals surface area contributed by atoms with Crippen molar-refractivity contribution in [1.82, 2.24) is 0 Å². The standard InChI is InChI=1S/C23H26N2/c1-2-3-6-12-19-13-11-18-22(23(19)24)25(20-14-7-4-8-15-20)21-16-9-5-10-17-21/h4-5,7-11,13-18H,2-3,6,12,24H2,1H3. The molecule has 0 aliphatic carbocycles. The second-order valence-electron chi connectivity index (χ2n) is 6.31. The molecule has 128 valence electrons. The van der Waals surface area contributed by atoms with E-state index in [1.54, 1.807) is 0 Å². The zero-order valence-electron chi connectivity index (χ0n) is 14.9. The van der Waals surface area contributed by atoms with Crippen LogP contribution in [0.1, 0.15) is 31.7 Å². The monoisotopic (exact) mass is 330 g/mol. The van der Waals surface area contributed by atoms with Crippen LogP contribution in [0.3, 0.4) is 0 Å². The first-order valence-corrected chi connectivity index (χ1v) is 9.09. The van der Waals surface area contributed by atoms with Gasteiger partial charge in [-0.05, 0) is 48.7 Å². The van der Waals surface area contributed by atoms with E-state index in [0.717, 1.165) is 29.2 Å². The van der Waals surface area contributed by atoms with Gasteiger partial charge in [0, 0.05) is 11.4 Å². The summed E-state index contributed by atoms with van der Waals surface area (Å²) in [6, 6.07) is 27.2. The Morgan fingerprint density at radius 2 is 1.32 bits per heavy atom. The normalized spacial score (nSPS) is 10.6. The number of nitrogen functional groups attached to an aromatic ring is 1. The summed E-state index contributed by atoms with van der Waals surface area (Å²) in [6.07, 6.45) is 4.68. The van der Waals surface area contributed by atoms with Gasteiger partial charge in [-0.3, -0.25) is 0 Å². The number of aryl methyl sites for hydroxylation is 1. The fourth-order valence-electron chi connectivity index (χ4n) is 3.16. The van der Waals surface area contributed by atoms with Gasteiger partial charge in [-0.1, -0.05) is 68.3 Å². The highest BCUT2D eigenvalue weighted by Crippen LogP contribution is 2.39. The van der Waals surface area contributed by atoms with Gasteiger partial charge in [0.1, 0.15) is 0 Å². The van der Waals surface area contributed by atoms with Gasteiger partial charge >= 0.3 is 0 Å². The van der Waals surface area contributed by atoms with Crippen LogP contribution in [0.5, 0.6) is 0 Å². The van der Waals surface area contributed by atoms with Crippen molar-refractivity contribution in [2.45, 2.75) is 32.6 Å². The topological polar surface area (TPSA) is 29.3 Å². The average Bonchev–Trinajstić information content (AvgIpc) is 2.66. The van der Waals surface area contributed by atoms with Gasteiger partial charge in [0.05, 0.1) is 11.4 Å². The molecule has 0 radical (unpaired) electrons. The Hall–Kier alpha value is -2.74. The molecule has 3 aromatic rings. The molecule has 0 spiro atoms. The molecule has 3 rings (SSSR count). The molecule has 0 aliphatic rings. The molecule has 0 bridgehead atoms. The smallest absolute Gasteiger partial charge is 0.0694 e. The minimum absolute atomic E-state index is 0.881. The maximum atomic E-state index is 6.60. The van der Waals surface area contributed by atoms with Gasteiger partial charge in [-0.25, -0.2) is 0 Å². The van der Waals surface area contributed by atoms with Crippen molar-refractivity contribution in [2.75, 3.05) is 10.6 Å². The minimum atomic E-state index is 0.881. The molecule has 0 heterocycles. The number of hydrogen-bond acceptors (Lipinski definition) is 2. The third kappa shape index (κ3) is 4.03. The first-order valence-electron chi connectivity index (χ1n) is 9.09. The zero-order chi connectivity index (χ0) is 17.5. The Kier molecular flexibility index (Phi) is 5.73. The van der Waals surface area contributed by atoms with Crippen LogP contribution in [0, 0.1) is 0 Å². The Balaban J connectivity index is 2.04. The van der Waals surface area contributed by atoms with Crippen molar-refractivity contribution in [2.24, 2.45) is 0 Å². The summed E-state index contributed by atoms with van der Waals surface area (Å²) in [6.45, 7) is 2.23. The van der Waals surface area contributed by atoms with E-state index in [1.165, 1.54) is 24.8 Å². The number of rotatable bonds is 7. The van der Waals surface area contributed by atoms with Crippen LogP contribution in [0.4, 0.5) is 22.7 Å². The number of anilines is 4. The third-order valence-corrected chi connectivity index (χ3v) is 4.49. The molecule has 0 saturated carbocycles. The quantitative estimate of drug-likeness (QED) is 0.397. The second-order valence-corrected chi connectivity index (χ2v) is 6.31. The lowest BCUT2D eigenvalue weighted by molar-refractivity contribution is 0.718. The number of benzene rings is 3. The predicted molar refractivity (Wildman–Crippen MR) is 109 cm³/mol. The minimum Gasteiger partial charge on any atom is -0.397 e. The van der Waals surface area contributed by atoms with Crippen molar-refractivity contribution >= 4 is 22.7 Å². The van der Waals surface area contributed by atoms with Crippen LogP contribution < -0.4 is 10.6 Å². The Morgan fingerprint density at radius 1 is 0.720 bits per heavy atom. The molecule has 0 atom stereocenters. The molecule has 3 aromatic carbocycles. The van der Waals surface area contributed by atoms with E-state index >= 15 is 0 Å². The number of nitrogens with two attached hydrogens (primary N) is 1. The van der Waals surface area contributed by atoms with Crippen LogP contribution in [-0.4, -0.2) is 0 Å². The van der Waals surface area contributed by atoms with Gasteiger partial charge < -0.3 is 10.6 Å². The van der Waals surface area contributed by atoms with E-state index in [9.17, 15) is 0 Å². The molecule has 0 amide bonds. The van der Waals surface area contributed by atoms with Crippen molar-refractivity contribution in [3.63, 3.8) is 0 Å². The lowest BCUT2D eigenvalue weighted by Crippen LogP contribution is -2.13. The van der Waals surface area contributed by atoms with Crippen molar-refractivity contribution < 1.29 is 0 Å². The van der Waals surface area contributed by atoms with Crippen LogP contribution in [-0.2, 0) is 6.42 Å². The summed E-state index contributed by atoms with van der Waals surface area (Å²) in [5.74, 6) is 0. The summed E-state index contributed by atoms with van der Waals surface area (Å²) in [5.41, 5.74) is 12.0. The fraction of sp³-hybridized carbons (Fsp3) is 0.217. The van der Waals surface area contributed by atoms with Gasteiger partial charge in [0.2, 0.25) is 0 Å². The van der Waals surface area contributed by atoms with Crippen molar-refractivity contribution in [3.05, 3.63) is 84.4 Å². The summed E-state index contributed by atoms with van der Waals surface area (Å²) in [7, 11) is 0. The van der Waals surface area contributed by atoms with E-state index in [0.29, 0.717) is 0 Å². The van der Waals surface area contributed by atoms with Crippen LogP contribution >= 0.6 is 0 Å².